The molecule has 1 fully saturated rings. The molecule has 1 nitrogen and oxygen atoms in total. The molecular formula is C17H35N. The van der Waals surface area contributed by atoms with Crippen LogP contribution < -0.4 is 5.32 Å². The van der Waals surface area contributed by atoms with E-state index in [0.29, 0.717) is 10.8 Å². The third-order valence-corrected chi connectivity index (χ3v) is 5.24. The van der Waals surface area contributed by atoms with Gasteiger partial charge in [-0.1, -0.05) is 54.4 Å². The molecule has 1 heteroatoms. The number of piperidine rings is 1. The Morgan fingerprint density at radius 1 is 1.06 bits per heavy atom. The average molecular weight is 253 g/mol. The van der Waals surface area contributed by atoms with Gasteiger partial charge in [-0.2, -0.15) is 0 Å². The van der Waals surface area contributed by atoms with E-state index in [1.165, 1.54) is 45.2 Å². The zero-order valence-electron chi connectivity index (χ0n) is 13.6. The van der Waals surface area contributed by atoms with Gasteiger partial charge in [0.1, 0.15) is 0 Å². The third-order valence-electron chi connectivity index (χ3n) is 5.24. The van der Waals surface area contributed by atoms with Crippen LogP contribution in [0.4, 0.5) is 0 Å². The Bertz CT molecular complexity index is 242. The molecule has 1 aliphatic rings. The minimum absolute atomic E-state index is 0.511. The van der Waals surface area contributed by atoms with E-state index in [4.69, 9.17) is 0 Å². The van der Waals surface area contributed by atoms with E-state index < -0.39 is 0 Å². The zero-order valence-corrected chi connectivity index (χ0v) is 13.6. The van der Waals surface area contributed by atoms with Crippen LogP contribution in [0.25, 0.3) is 0 Å². The Balaban J connectivity index is 2.56. The molecule has 1 N–H and O–H groups in total. The van der Waals surface area contributed by atoms with Gasteiger partial charge in [-0.15, -0.1) is 0 Å². The SMILES string of the molecule is CCCC(C)(C)C1CNCC(CC(C)(C)CC)C1. The third kappa shape index (κ3) is 4.57. The van der Waals surface area contributed by atoms with Crippen molar-refractivity contribution in [3.8, 4) is 0 Å². The maximum atomic E-state index is 3.70. The van der Waals surface area contributed by atoms with Crippen LogP contribution in [0.15, 0.2) is 0 Å². The predicted molar refractivity (Wildman–Crippen MR) is 81.8 cm³/mol. The average Bonchev–Trinajstić information content (AvgIpc) is 2.29. The quantitative estimate of drug-likeness (QED) is 0.712. The lowest BCUT2D eigenvalue weighted by molar-refractivity contribution is 0.106. The summed E-state index contributed by atoms with van der Waals surface area (Å²) in [6, 6.07) is 0. The van der Waals surface area contributed by atoms with Crippen LogP contribution in [0.1, 0.15) is 73.6 Å². The lowest BCUT2D eigenvalue weighted by Gasteiger charge is -2.42. The Labute approximate surface area is 115 Å². The van der Waals surface area contributed by atoms with Crippen LogP contribution in [-0.2, 0) is 0 Å². The minimum atomic E-state index is 0.511. The smallest absolute Gasteiger partial charge is 0.00152 e. The van der Waals surface area contributed by atoms with Crippen molar-refractivity contribution in [2.24, 2.45) is 22.7 Å². The second-order valence-electron chi connectivity index (χ2n) is 7.92. The molecule has 0 aromatic carbocycles. The van der Waals surface area contributed by atoms with Crippen LogP contribution in [0, 0.1) is 22.7 Å². The first-order valence-corrected chi connectivity index (χ1v) is 8.01. The first kappa shape index (κ1) is 16.0. The van der Waals surface area contributed by atoms with Crippen molar-refractivity contribution in [2.45, 2.75) is 73.6 Å². The summed E-state index contributed by atoms with van der Waals surface area (Å²) < 4.78 is 0. The van der Waals surface area contributed by atoms with E-state index in [9.17, 15) is 0 Å². The second-order valence-corrected chi connectivity index (χ2v) is 7.92. The molecule has 1 saturated heterocycles. The fraction of sp³-hybridized carbons (Fsp3) is 1.00. The summed E-state index contributed by atoms with van der Waals surface area (Å²) in [7, 11) is 0. The summed E-state index contributed by atoms with van der Waals surface area (Å²) >= 11 is 0. The monoisotopic (exact) mass is 253 g/mol. The van der Waals surface area contributed by atoms with E-state index in [0.717, 1.165) is 11.8 Å². The molecule has 0 bridgehead atoms. The molecule has 0 spiro atoms. The fourth-order valence-electron chi connectivity index (χ4n) is 3.56. The molecule has 0 aromatic rings. The van der Waals surface area contributed by atoms with Gasteiger partial charge in [0.2, 0.25) is 0 Å². The van der Waals surface area contributed by atoms with E-state index in [1.54, 1.807) is 0 Å². The van der Waals surface area contributed by atoms with E-state index in [1.807, 2.05) is 0 Å². The van der Waals surface area contributed by atoms with Crippen LogP contribution in [0.3, 0.4) is 0 Å². The zero-order chi connectivity index (χ0) is 13.8. The van der Waals surface area contributed by atoms with Gasteiger partial charge >= 0.3 is 0 Å². The first-order valence-electron chi connectivity index (χ1n) is 8.01. The van der Waals surface area contributed by atoms with Gasteiger partial charge < -0.3 is 5.32 Å². The van der Waals surface area contributed by atoms with Gasteiger partial charge in [0.25, 0.3) is 0 Å². The summed E-state index contributed by atoms with van der Waals surface area (Å²) in [5.41, 5.74) is 1.03. The maximum absolute atomic E-state index is 3.70. The van der Waals surface area contributed by atoms with Crippen LogP contribution in [0.2, 0.25) is 0 Å². The minimum Gasteiger partial charge on any atom is -0.316 e. The van der Waals surface area contributed by atoms with Crippen molar-refractivity contribution in [3.05, 3.63) is 0 Å². The Hall–Kier alpha value is -0.0400. The molecular weight excluding hydrogens is 218 g/mol. The summed E-state index contributed by atoms with van der Waals surface area (Å²) in [6.07, 6.45) is 6.79. The van der Waals surface area contributed by atoms with Crippen molar-refractivity contribution in [3.63, 3.8) is 0 Å². The fourth-order valence-corrected chi connectivity index (χ4v) is 3.56. The number of nitrogens with one attached hydrogen (secondary N) is 1. The van der Waals surface area contributed by atoms with Crippen molar-refractivity contribution < 1.29 is 0 Å². The largest absolute Gasteiger partial charge is 0.316 e. The van der Waals surface area contributed by atoms with Crippen molar-refractivity contribution in [2.75, 3.05) is 13.1 Å². The molecule has 0 radical (unpaired) electrons. The molecule has 2 unspecified atom stereocenters. The Kier molecular flexibility index (Phi) is 5.70. The normalized spacial score (nSPS) is 26.3. The van der Waals surface area contributed by atoms with Gasteiger partial charge in [0, 0.05) is 0 Å². The van der Waals surface area contributed by atoms with Crippen molar-refractivity contribution in [1.29, 1.82) is 0 Å². The molecule has 1 rings (SSSR count). The highest BCUT2D eigenvalue weighted by Crippen LogP contribution is 2.40. The molecule has 108 valence electrons. The van der Waals surface area contributed by atoms with Gasteiger partial charge in [0.05, 0.1) is 0 Å². The Morgan fingerprint density at radius 3 is 2.28 bits per heavy atom. The van der Waals surface area contributed by atoms with Gasteiger partial charge in [-0.05, 0) is 55.0 Å². The van der Waals surface area contributed by atoms with E-state index >= 15 is 0 Å². The van der Waals surface area contributed by atoms with Gasteiger partial charge in [-0.3, -0.25) is 0 Å². The lowest BCUT2D eigenvalue weighted by atomic mass is 9.68. The summed E-state index contributed by atoms with van der Waals surface area (Å²) in [5, 5.41) is 3.70. The van der Waals surface area contributed by atoms with Crippen molar-refractivity contribution in [1.82, 2.24) is 5.32 Å². The summed E-state index contributed by atoms with van der Waals surface area (Å²) in [6.45, 7) is 16.9. The highest BCUT2D eigenvalue weighted by atomic mass is 14.9. The van der Waals surface area contributed by atoms with Gasteiger partial charge in [0.15, 0.2) is 0 Å². The standard InChI is InChI=1S/C17H35N/c1-7-9-17(5,6)15-10-14(12-18-13-15)11-16(3,4)8-2/h14-15,18H,7-13H2,1-6H3. The summed E-state index contributed by atoms with van der Waals surface area (Å²) in [4.78, 5) is 0. The number of rotatable bonds is 6. The molecule has 2 atom stereocenters. The molecule has 0 amide bonds. The van der Waals surface area contributed by atoms with Crippen LogP contribution in [0.5, 0.6) is 0 Å². The molecule has 0 aromatic heterocycles. The molecule has 1 heterocycles. The number of hydrogen-bond donors (Lipinski definition) is 1. The van der Waals surface area contributed by atoms with E-state index in [2.05, 4.69) is 46.9 Å². The highest BCUT2D eigenvalue weighted by molar-refractivity contribution is 4.87. The molecule has 0 saturated carbocycles. The Morgan fingerprint density at radius 2 is 1.72 bits per heavy atom. The topological polar surface area (TPSA) is 12.0 Å². The first-order chi connectivity index (χ1) is 8.30. The maximum Gasteiger partial charge on any atom is -0.00152 e. The second kappa shape index (κ2) is 6.41. The molecule has 0 aliphatic carbocycles. The van der Waals surface area contributed by atoms with Crippen molar-refractivity contribution >= 4 is 0 Å². The molecule has 18 heavy (non-hydrogen) atoms. The number of hydrogen-bond acceptors (Lipinski definition) is 1. The molecule has 1 aliphatic heterocycles. The predicted octanol–water partition coefficient (Wildman–Crippen LogP) is 4.86. The highest BCUT2D eigenvalue weighted by Gasteiger charge is 2.34. The lowest BCUT2D eigenvalue weighted by Crippen LogP contribution is -2.43. The van der Waals surface area contributed by atoms with Crippen LogP contribution in [-0.4, -0.2) is 13.1 Å². The van der Waals surface area contributed by atoms with Gasteiger partial charge in [-0.25, -0.2) is 0 Å². The van der Waals surface area contributed by atoms with E-state index in [-0.39, 0.29) is 0 Å². The van der Waals surface area contributed by atoms with Crippen LogP contribution >= 0.6 is 0 Å². The summed E-state index contributed by atoms with van der Waals surface area (Å²) in [5.74, 6) is 1.75.